The molecule has 0 saturated carbocycles. The van der Waals surface area contributed by atoms with Crippen LogP contribution in [0.2, 0.25) is 0 Å². The standard InChI is InChI=1S/C15H8F3N3O3S/c16-15(17,18)10-3-1-2-8(4-10)11-7-25-14(20-11)21-12(13(23)24)9(6-22)5-19-21/h1-7H,(H,23,24). The number of carbonyl (C=O) groups excluding carboxylic acids is 1. The molecule has 3 aromatic rings. The molecular formula is C15H8F3N3O3S. The van der Waals surface area contributed by atoms with Crippen LogP contribution in [-0.2, 0) is 6.18 Å². The second kappa shape index (κ2) is 6.13. The fourth-order valence-corrected chi connectivity index (χ4v) is 2.95. The SMILES string of the molecule is O=Cc1cnn(-c2nc(-c3cccc(C(F)(F)F)c3)cs2)c1C(=O)O. The Labute approximate surface area is 142 Å². The van der Waals surface area contributed by atoms with Gasteiger partial charge in [-0.15, -0.1) is 11.3 Å². The Kier molecular flexibility index (Phi) is 4.13. The first-order valence-electron chi connectivity index (χ1n) is 6.71. The number of benzene rings is 1. The number of carboxylic acid groups (broad SMARTS) is 1. The predicted molar refractivity (Wildman–Crippen MR) is 82.0 cm³/mol. The number of aldehydes is 1. The van der Waals surface area contributed by atoms with Crippen molar-refractivity contribution in [2.45, 2.75) is 6.18 Å². The van der Waals surface area contributed by atoms with E-state index in [2.05, 4.69) is 10.1 Å². The monoisotopic (exact) mass is 367 g/mol. The third-order valence-corrected chi connectivity index (χ3v) is 4.10. The maximum atomic E-state index is 12.8. The Balaban J connectivity index is 2.04. The van der Waals surface area contributed by atoms with E-state index in [4.69, 9.17) is 0 Å². The molecule has 10 heteroatoms. The van der Waals surface area contributed by atoms with Crippen LogP contribution in [0.25, 0.3) is 16.4 Å². The van der Waals surface area contributed by atoms with Gasteiger partial charge in [0.25, 0.3) is 0 Å². The van der Waals surface area contributed by atoms with Gasteiger partial charge in [-0.2, -0.15) is 23.0 Å². The van der Waals surface area contributed by atoms with Gasteiger partial charge in [-0.05, 0) is 12.1 Å². The molecule has 0 fully saturated rings. The van der Waals surface area contributed by atoms with Crippen molar-refractivity contribution in [3.8, 4) is 16.4 Å². The van der Waals surface area contributed by atoms with E-state index in [0.717, 1.165) is 34.3 Å². The van der Waals surface area contributed by atoms with Gasteiger partial charge in [0.2, 0.25) is 5.13 Å². The third-order valence-electron chi connectivity index (χ3n) is 3.29. The number of alkyl halides is 3. The van der Waals surface area contributed by atoms with Gasteiger partial charge in [-0.3, -0.25) is 4.79 Å². The van der Waals surface area contributed by atoms with Gasteiger partial charge in [0.15, 0.2) is 12.0 Å². The topological polar surface area (TPSA) is 85.1 Å². The first-order valence-corrected chi connectivity index (χ1v) is 7.59. The van der Waals surface area contributed by atoms with Crippen LogP contribution in [0.5, 0.6) is 0 Å². The molecule has 2 aromatic heterocycles. The Morgan fingerprint density at radius 2 is 2.08 bits per heavy atom. The summed E-state index contributed by atoms with van der Waals surface area (Å²) in [6.07, 6.45) is -3.04. The summed E-state index contributed by atoms with van der Waals surface area (Å²) in [4.78, 5) is 26.3. The van der Waals surface area contributed by atoms with E-state index in [9.17, 15) is 27.9 Å². The molecule has 0 aliphatic heterocycles. The zero-order valence-electron chi connectivity index (χ0n) is 12.2. The van der Waals surface area contributed by atoms with E-state index in [1.165, 1.54) is 17.5 Å². The summed E-state index contributed by atoms with van der Waals surface area (Å²) in [6.45, 7) is 0. The first kappa shape index (κ1) is 16.8. The lowest BCUT2D eigenvalue weighted by molar-refractivity contribution is -0.137. The van der Waals surface area contributed by atoms with Crippen LogP contribution in [0.1, 0.15) is 26.4 Å². The van der Waals surface area contributed by atoms with Crippen molar-refractivity contribution in [1.29, 1.82) is 0 Å². The Morgan fingerprint density at radius 1 is 1.32 bits per heavy atom. The minimum Gasteiger partial charge on any atom is -0.476 e. The summed E-state index contributed by atoms with van der Waals surface area (Å²) in [6, 6.07) is 4.63. The van der Waals surface area contributed by atoms with Crippen LogP contribution in [0.4, 0.5) is 13.2 Å². The van der Waals surface area contributed by atoms with Crippen LogP contribution in [0.3, 0.4) is 0 Å². The molecule has 0 bridgehead atoms. The second-order valence-electron chi connectivity index (χ2n) is 4.88. The van der Waals surface area contributed by atoms with Gasteiger partial charge < -0.3 is 5.11 Å². The minimum absolute atomic E-state index is 0.122. The summed E-state index contributed by atoms with van der Waals surface area (Å²) in [5, 5.41) is 14.6. The zero-order chi connectivity index (χ0) is 18.2. The summed E-state index contributed by atoms with van der Waals surface area (Å²) in [5.74, 6) is -1.37. The van der Waals surface area contributed by atoms with Crippen molar-refractivity contribution in [3.05, 3.63) is 52.7 Å². The van der Waals surface area contributed by atoms with Crippen molar-refractivity contribution < 1.29 is 27.9 Å². The molecule has 0 unspecified atom stereocenters. The number of hydrogen-bond acceptors (Lipinski definition) is 5. The van der Waals surface area contributed by atoms with Crippen LogP contribution in [-0.4, -0.2) is 32.1 Å². The fourth-order valence-electron chi connectivity index (χ4n) is 2.16. The van der Waals surface area contributed by atoms with Gasteiger partial charge in [-0.25, -0.2) is 9.78 Å². The molecule has 3 rings (SSSR count). The predicted octanol–water partition coefficient (Wildman–Crippen LogP) is 3.53. The summed E-state index contributed by atoms with van der Waals surface area (Å²) < 4.78 is 39.4. The molecule has 0 aliphatic carbocycles. The maximum Gasteiger partial charge on any atom is 0.416 e. The second-order valence-corrected chi connectivity index (χ2v) is 5.71. The van der Waals surface area contributed by atoms with Gasteiger partial charge in [0.05, 0.1) is 23.0 Å². The van der Waals surface area contributed by atoms with Crippen LogP contribution >= 0.6 is 11.3 Å². The number of aromatic carboxylic acids is 1. The number of carbonyl (C=O) groups is 2. The number of thiazole rings is 1. The third kappa shape index (κ3) is 3.15. The lowest BCUT2D eigenvalue weighted by Gasteiger charge is -2.07. The lowest BCUT2D eigenvalue weighted by Crippen LogP contribution is -2.09. The highest BCUT2D eigenvalue weighted by Gasteiger charge is 2.30. The average Bonchev–Trinajstić information content (AvgIpc) is 3.20. The smallest absolute Gasteiger partial charge is 0.416 e. The van der Waals surface area contributed by atoms with E-state index in [0.29, 0.717) is 6.29 Å². The van der Waals surface area contributed by atoms with Crippen LogP contribution in [0.15, 0.2) is 35.8 Å². The van der Waals surface area contributed by atoms with Crippen molar-refractivity contribution in [3.63, 3.8) is 0 Å². The highest BCUT2D eigenvalue weighted by atomic mass is 32.1. The van der Waals surface area contributed by atoms with Gasteiger partial charge in [0, 0.05) is 10.9 Å². The zero-order valence-corrected chi connectivity index (χ0v) is 13.0. The molecule has 0 saturated heterocycles. The van der Waals surface area contributed by atoms with Crippen LogP contribution in [0, 0.1) is 0 Å². The summed E-state index contributed by atoms with van der Waals surface area (Å²) in [7, 11) is 0. The van der Waals surface area contributed by atoms with E-state index in [-0.39, 0.29) is 27.6 Å². The number of nitrogens with zero attached hydrogens (tertiary/aromatic N) is 3. The quantitative estimate of drug-likeness (QED) is 0.713. The van der Waals surface area contributed by atoms with Crippen molar-refractivity contribution >= 4 is 23.6 Å². The Bertz CT molecular complexity index is 962. The molecule has 0 atom stereocenters. The van der Waals surface area contributed by atoms with Crippen molar-refractivity contribution in [1.82, 2.24) is 14.8 Å². The average molecular weight is 367 g/mol. The summed E-state index contributed by atoms with van der Waals surface area (Å²) in [5.41, 5.74) is -0.820. The molecule has 6 nitrogen and oxygen atoms in total. The molecule has 0 aliphatic rings. The molecule has 0 spiro atoms. The van der Waals surface area contributed by atoms with E-state index in [1.807, 2.05) is 0 Å². The van der Waals surface area contributed by atoms with Gasteiger partial charge in [0.1, 0.15) is 0 Å². The number of aromatic nitrogens is 3. The molecular weight excluding hydrogens is 359 g/mol. The first-order chi connectivity index (χ1) is 11.8. The largest absolute Gasteiger partial charge is 0.476 e. The lowest BCUT2D eigenvalue weighted by atomic mass is 10.1. The normalized spacial score (nSPS) is 11.5. The highest BCUT2D eigenvalue weighted by molar-refractivity contribution is 7.12. The number of hydrogen-bond donors (Lipinski definition) is 1. The van der Waals surface area contributed by atoms with E-state index < -0.39 is 17.7 Å². The molecule has 1 aromatic carbocycles. The molecule has 2 heterocycles. The molecule has 1 N–H and O–H groups in total. The van der Waals surface area contributed by atoms with E-state index >= 15 is 0 Å². The summed E-state index contributed by atoms with van der Waals surface area (Å²) >= 11 is 0.995. The molecule has 128 valence electrons. The van der Waals surface area contributed by atoms with Gasteiger partial charge >= 0.3 is 12.1 Å². The Hall–Kier alpha value is -3.01. The number of halogens is 3. The molecule has 25 heavy (non-hydrogen) atoms. The van der Waals surface area contributed by atoms with Crippen molar-refractivity contribution in [2.24, 2.45) is 0 Å². The Morgan fingerprint density at radius 3 is 2.72 bits per heavy atom. The minimum atomic E-state index is -4.48. The highest BCUT2D eigenvalue weighted by Crippen LogP contribution is 2.33. The van der Waals surface area contributed by atoms with Crippen LogP contribution < -0.4 is 0 Å². The number of carboxylic acids is 1. The molecule has 0 amide bonds. The van der Waals surface area contributed by atoms with Gasteiger partial charge in [-0.1, -0.05) is 12.1 Å². The molecule has 0 radical (unpaired) electrons. The maximum absolute atomic E-state index is 12.8. The fraction of sp³-hybridized carbons (Fsp3) is 0.0667. The van der Waals surface area contributed by atoms with E-state index in [1.54, 1.807) is 0 Å². The van der Waals surface area contributed by atoms with Crippen molar-refractivity contribution in [2.75, 3.05) is 0 Å². The number of rotatable bonds is 4.